The number of nitrogens with one attached hydrogen (secondary N) is 6. The van der Waals surface area contributed by atoms with Crippen molar-refractivity contribution in [3.05, 3.63) is 0 Å². The van der Waals surface area contributed by atoms with E-state index in [0.29, 0.717) is 37.7 Å². The van der Waals surface area contributed by atoms with Gasteiger partial charge in [0.1, 0.15) is 17.5 Å². The Hall–Kier alpha value is -2.23. The topological polar surface area (TPSA) is 181 Å². The first kappa shape index (κ1) is 34.6. The molecule has 4 rings (SSSR count). The molecule has 15 heteroatoms. The van der Waals surface area contributed by atoms with Gasteiger partial charge < -0.3 is 31.3 Å². The number of urea groups is 1. The molecule has 0 saturated carbocycles. The quantitative estimate of drug-likeness (QED) is 0.0437. The molecule has 0 aromatic rings. The molecule has 4 fully saturated rings. The van der Waals surface area contributed by atoms with E-state index in [4.69, 9.17) is 0 Å². The van der Waals surface area contributed by atoms with Gasteiger partial charge in [0.2, 0.25) is 17.7 Å². The van der Waals surface area contributed by atoms with Gasteiger partial charge in [-0.2, -0.15) is 11.8 Å². The Morgan fingerprint density at radius 3 is 2.43 bits per heavy atom. The number of carboxylic acid groups (broad SMARTS) is 1. The van der Waals surface area contributed by atoms with Gasteiger partial charge in [0.25, 0.3) is 0 Å². The lowest BCUT2D eigenvalue weighted by molar-refractivity contribution is -0.160. The number of hydrogen-bond donors (Lipinski definition) is 7. The maximum atomic E-state index is 12.5. The van der Waals surface area contributed by atoms with Crippen LogP contribution in [0, 0.1) is 0 Å². The average molecular weight is 656 g/mol. The highest BCUT2D eigenvalue weighted by atomic mass is 32.2. The van der Waals surface area contributed by atoms with Crippen LogP contribution in [-0.4, -0.2) is 105 Å². The smallest absolute Gasteiger partial charge is 0.327 e. The lowest BCUT2D eigenvalue weighted by Crippen LogP contribution is -2.70. The van der Waals surface area contributed by atoms with Crippen molar-refractivity contribution < 1.29 is 29.1 Å². The minimum atomic E-state index is -0.951. The van der Waals surface area contributed by atoms with E-state index < -0.39 is 16.8 Å². The number of fused-ring (bicyclic) bond motifs is 2. The van der Waals surface area contributed by atoms with Gasteiger partial charge in [-0.1, -0.05) is 19.3 Å². The van der Waals surface area contributed by atoms with Gasteiger partial charge in [-0.3, -0.25) is 19.8 Å². The lowest BCUT2D eigenvalue weighted by atomic mass is 9.96. The summed E-state index contributed by atoms with van der Waals surface area (Å²) in [6, 6.07) is -0.707. The average Bonchev–Trinajstić information content (AvgIpc) is 3.60. The van der Waals surface area contributed by atoms with Crippen molar-refractivity contribution in [3.63, 3.8) is 0 Å². The number of β-lactam (4-membered cyclic amide) rings is 1. The Kier molecular flexibility index (Phi) is 12.9. The molecule has 0 spiro atoms. The molecule has 13 nitrogen and oxygen atoms in total. The molecule has 4 heterocycles. The zero-order valence-electron chi connectivity index (χ0n) is 25.8. The molecule has 5 amide bonds. The Morgan fingerprint density at radius 2 is 1.64 bits per heavy atom. The van der Waals surface area contributed by atoms with Crippen molar-refractivity contribution in [1.29, 1.82) is 0 Å². The van der Waals surface area contributed by atoms with Crippen LogP contribution < -0.4 is 32.1 Å². The molecule has 0 bridgehead atoms. The number of carboxylic acids is 1. The molecule has 4 saturated heterocycles. The zero-order chi connectivity index (χ0) is 31.7. The van der Waals surface area contributed by atoms with E-state index in [1.165, 1.54) is 4.90 Å². The van der Waals surface area contributed by atoms with Gasteiger partial charge >= 0.3 is 12.0 Å². The summed E-state index contributed by atoms with van der Waals surface area (Å²) in [5.74, 6) is -0.0943. The minimum absolute atomic E-state index is 0.0416. The summed E-state index contributed by atoms with van der Waals surface area (Å²) in [5, 5.41) is 22.0. The van der Waals surface area contributed by atoms with E-state index in [0.717, 1.165) is 63.5 Å². The zero-order valence-corrected chi connectivity index (χ0v) is 27.5. The number of thioether (sulfide) groups is 2. The molecule has 6 atom stereocenters. The Balaban J connectivity index is 0.899. The second-order valence-electron chi connectivity index (χ2n) is 12.6. The summed E-state index contributed by atoms with van der Waals surface area (Å²) >= 11 is 3.45. The summed E-state index contributed by atoms with van der Waals surface area (Å²) in [7, 11) is 0. The SMILES string of the molecule is CC1(C)S[C@@H]2[C@H](NCCCCCNNC(=O)CCCCCNC(=O)CCCC[C@@H]3SC[C@@H]4NC(=O)N[C@@H]43)C(=O)N2[C@H]1C(=O)O. The third kappa shape index (κ3) is 9.16. The second-order valence-corrected chi connectivity index (χ2v) is 15.6. The molecule has 248 valence electrons. The molecular formula is C29H49N7O6S2. The first-order valence-electron chi connectivity index (χ1n) is 16.0. The van der Waals surface area contributed by atoms with E-state index in [1.54, 1.807) is 11.8 Å². The number of nitrogens with zero attached hydrogens (tertiary/aromatic N) is 1. The molecule has 0 aliphatic carbocycles. The molecule has 7 N–H and O–H groups in total. The summed E-state index contributed by atoms with van der Waals surface area (Å²) in [6.45, 7) is 5.73. The van der Waals surface area contributed by atoms with E-state index in [2.05, 4.69) is 32.1 Å². The number of carbonyl (C=O) groups is 5. The molecule has 0 radical (unpaired) electrons. The van der Waals surface area contributed by atoms with Crippen LogP contribution >= 0.6 is 23.5 Å². The molecule has 0 aromatic heterocycles. The second kappa shape index (κ2) is 16.4. The van der Waals surface area contributed by atoms with Crippen LogP contribution in [0.25, 0.3) is 0 Å². The van der Waals surface area contributed by atoms with Crippen LogP contribution in [0.2, 0.25) is 0 Å². The van der Waals surface area contributed by atoms with Crippen molar-refractivity contribution in [2.24, 2.45) is 0 Å². The fourth-order valence-electron chi connectivity index (χ4n) is 6.37. The fraction of sp³-hybridized carbons (Fsp3) is 0.828. The van der Waals surface area contributed by atoms with Crippen LogP contribution in [0.15, 0.2) is 0 Å². The predicted molar refractivity (Wildman–Crippen MR) is 171 cm³/mol. The minimum Gasteiger partial charge on any atom is -0.480 e. The van der Waals surface area contributed by atoms with Gasteiger partial charge in [0.05, 0.1) is 12.1 Å². The van der Waals surface area contributed by atoms with Gasteiger partial charge in [0, 0.05) is 41.7 Å². The van der Waals surface area contributed by atoms with Crippen molar-refractivity contribution in [3.8, 4) is 0 Å². The number of unbranched alkanes of at least 4 members (excludes halogenated alkanes) is 5. The largest absolute Gasteiger partial charge is 0.480 e. The number of hydrazine groups is 1. The molecule has 4 aliphatic rings. The molecule has 4 aliphatic heterocycles. The Bertz CT molecular complexity index is 1050. The maximum absolute atomic E-state index is 12.5. The highest BCUT2D eigenvalue weighted by molar-refractivity contribution is 8.01. The van der Waals surface area contributed by atoms with E-state index >= 15 is 0 Å². The van der Waals surface area contributed by atoms with Crippen molar-refractivity contribution in [2.45, 2.75) is 124 Å². The predicted octanol–water partition coefficient (Wildman–Crippen LogP) is 1.29. The molecular weight excluding hydrogens is 606 g/mol. The van der Waals surface area contributed by atoms with E-state index in [9.17, 15) is 29.1 Å². The Labute approximate surface area is 268 Å². The van der Waals surface area contributed by atoms with Crippen LogP contribution in [0.4, 0.5) is 4.79 Å². The number of aliphatic carboxylic acids is 1. The van der Waals surface area contributed by atoms with E-state index in [-0.39, 0.29) is 47.3 Å². The number of hydrogen-bond acceptors (Lipinski definition) is 9. The number of carbonyl (C=O) groups excluding carboxylic acids is 4. The van der Waals surface area contributed by atoms with Gasteiger partial charge in [-0.15, -0.1) is 11.8 Å². The molecule has 44 heavy (non-hydrogen) atoms. The van der Waals surface area contributed by atoms with Gasteiger partial charge in [-0.05, 0) is 58.9 Å². The summed E-state index contributed by atoms with van der Waals surface area (Å²) in [5.41, 5.74) is 5.70. The normalized spacial score (nSPS) is 28.1. The standard InChI is InChI=1S/C29H49N7O6S2/c1-29(2)24(27(40)41)36-25(39)23(26(36)44-29)31-15-9-4-10-16-32-35-21(38)13-5-3-8-14-30-20(37)12-7-6-11-19-22-18(17-43-19)33-28(42)34-22/h18-19,22-24,26,31-32H,3-17H2,1-2H3,(H,30,37)(H,35,38)(H,40,41)(H2,33,34,42)/t18-,19-,22-,23+,24-,26+/m0/s1. The van der Waals surface area contributed by atoms with Gasteiger partial charge in [0.15, 0.2) is 0 Å². The van der Waals surface area contributed by atoms with Crippen LogP contribution in [0.3, 0.4) is 0 Å². The van der Waals surface area contributed by atoms with Crippen LogP contribution in [0.5, 0.6) is 0 Å². The lowest BCUT2D eigenvalue weighted by Gasteiger charge is -2.43. The number of rotatable bonds is 20. The van der Waals surface area contributed by atoms with Gasteiger partial charge in [-0.25, -0.2) is 15.0 Å². The third-order valence-electron chi connectivity index (χ3n) is 8.73. The maximum Gasteiger partial charge on any atom is 0.327 e. The molecule has 0 aromatic carbocycles. The fourth-order valence-corrected chi connectivity index (χ4v) is 9.57. The highest BCUT2D eigenvalue weighted by Crippen LogP contribution is 2.50. The first-order valence-corrected chi connectivity index (χ1v) is 17.9. The van der Waals surface area contributed by atoms with Crippen molar-refractivity contribution in [1.82, 2.24) is 37.0 Å². The highest BCUT2D eigenvalue weighted by Gasteiger charge is 2.63. The van der Waals surface area contributed by atoms with E-state index in [1.807, 2.05) is 25.6 Å². The van der Waals surface area contributed by atoms with Crippen molar-refractivity contribution in [2.75, 3.05) is 25.4 Å². The monoisotopic (exact) mass is 655 g/mol. The summed E-state index contributed by atoms with van der Waals surface area (Å²) < 4.78 is -0.507. The summed E-state index contributed by atoms with van der Waals surface area (Å²) in [6.07, 6.45) is 8.98. The number of amides is 5. The van der Waals surface area contributed by atoms with Crippen molar-refractivity contribution >= 4 is 53.2 Å². The Morgan fingerprint density at radius 1 is 0.932 bits per heavy atom. The third-order valence-corrected chi connectivity index (χ3v) is 11.8. The van der Waals surface area contributed by atoms with Crippen LogP contribution in [-0.2, 0) is 19.2 Å². The van der Waals surface area contributed by atoms with Crippen LogP contribution in [0.1, 0.15) is 84.5 Å². The summed E-state index contributed by atoms with van der Waals surface area (Å²) in [4.78, 5) is 61.2. The first-order chi connectivity index (χ1) is 21.1. The molecule has 0 unspecified atom stereocenters.